The first-order valence-electron chi connectivity index (χ1n) is 14.2. The average molecular weight is 548 g/mol. The normalized spacial score (nSPS) is 18.5. The molecule has 0 unspecified atom stereocenters. The minimum atomic E-state index is -0.693. The fourth-order valence-electron chi connectivity index (χ4n) is 6.43. The number of piperidine rings is 1. The second-order valence-electron chi connectivity index (χ2n) is 11.2. The number of likely N-dealkylation sites (tertiary alicyclic amines) is 1. The van der Waals surface area contributed by atoms with Crippen molar-refractivity contribution in [2.75, 3.05) is 31.1 Å². The Morgan fingerprint density at radius 3 is 2.59 bits per heavy atom. The number of hydrogen-bond donors (Lipinski definition) is 4. The van der Waals surface area contributed by atoms with Crippen molar-refractivity contribution in [3.63, 3.8) is 0 Å². The smallest absolute Gasteiger partial charge is 0.318 e. The Bertz CT molecular complexity index is 1300. The van der Waals surface area contributed by atoms with Crippen molar-refractivity contribution in [2.45, 2.75) is 62.9 Å². The fraction of sp³-hybridized carbons (Fsp3) is 0.484. The number of urea groups is 1. The molecule has 2 aliphatic rings. The topological polar surface area (TPSA) is 103 Å². The number of aromatic amines is 1. The Labute approximate surface area is 235 Å². The highest BCUT2D eigenvalue weighted by Gasteiger charge is 2.42. The van der Waals surface area contributed by atoms with E-state index in [1.807, 2.05) is 43.1 Å². The van der Waals surface area contributed by atoms with Crippen molar-refractivity contribution in [2.24, 2.45) is 5.73 Å². The van der Waals surface area contributed by atoms with Crippen LogP contribution in [0.5, 0.6) is 0 Å². The number of carbonyl (C=O) groups is 2. The van der Waals surface area contributed by atoms with Gasteiger partial charge in [-0.2, -0.15) is 11.8 Å². The van der Waals surface area contributed by atoms with E-state index in [0.717, 1.165) is 53.7 Å². The highest BCUT2D eigenvalue weighted by Crippen LogP contribution is 2.46. The van der Waals surface area contributed by atoms with Crippen LogP contribution >= 0.6 is 11.8 Å². The molecular weight excluding hydrogens is 506 g/mol. The molecule has 2 heterocycles. The minimum Gasteiger partial charge on any atom is -0.361 e. The van der Waals surface area contributed by atoms with Crippen molar-refractivity contribution in [3.05, 3.63) is 71.4 Å². The summed E-state index contributed by atoms with van der Waals surface area (Å²) in [6.45, 7) is 6.03. The molecule has 3 amide bonds. The highest BCUT2D eigenvalue weighted by atomic mass is 32.2. The van der Waals surface area contributed by atoms with Crippen LogP contribution < -0.4 is 16.4 Å². The number of H-pyrrole nitrogens is 1. The van der Waals surface area contributed by atoms with Gasteiger partial charge in [-0.1, -0.05) is 49.4 Å². The third-order valence-electron chi connectivity index (χ3n) is 8.66. The van der Waals surface area contributed by atoms with E-state index < -0.39 is 6.04 Å². The predicted octanol–water partition coefficient (Wildman–Crippen LogP) is 4.53. The average Bonchev–Trinajstić information content (AvgIpc) is 3.54. The summed E-state index contributed by atoms with van der Waals surface area (Å²) in [5.41, 5.74) is 10.8. The maximum absolute atomic E-state index is 13.6. The molecule has 1 spiro atoms. The number of nitrogens with two attached hydrogens (primary N) is 1. The summed E-state index contributed by atoms with van der Waals surface area (Å²) < 4.78 is 0. The van der Waals surface area contributed by atoms with Gasteiger partial charge in [-0.25, -0.2) is 4.79 Å². The van der Waals surface area contributed by atoms with Gasteiger partial charge in [0.25, 0.3) is 0 Å². The Morgan fingerprint density at radius 1 is 1.05 bits per heavy atom. The number of aryl methyl sites for hydroxylation is 1. The van der Waals surface area contributed by atoms with E-state index in [0.29, 0.717) is 19.6 Å². The molecule has 3 aromatic rings. The molecule has 2 aromatic carbocycles. The lowest BCUT2D eigenvalue weighted by molar-refractivity contribution is -0.123. The Kier molecular flexibility index (Phi) is 8.52. The van der Waals surface area contributed by atoms with E-state index in [9.17, 15) is 9.59 Å². The van der Waals surface area contributed by atoms with Gasteiger partial charge < -0.3 is 26.3 Å². The van der Waals surface area contributed by atoms with Crippen LogP contribution in [0, 0.1) is 0 Å². The molecule has 5 rings (SSSR count). The number of carbonyl (C=O) groups excluding carboxylic acids is 2. The molecule has 1 saturated heterocycles. The van der Waals surface area contributed by atoms with E-state index in [-0.39, 0.29) is 29.3 Å². The summed E-state index contributed by atoms with van der Waals surface area (Å²) in [5, 5.41) is 7.36. The van der Waals surface area contributed by atoms with Crippen LogP contribution in [0.3, 0.4) is 0 Å². The number of hydrogen-bond acceptors (Lipinski definition) is 4. The molecule has 7 nitrogen and oxygen atoms in total. The maximum atomic E-state index is 13.6. The van der Waals surface area contributed by atoms with Crippen LogP contribution in [0.15, 0.2) is 54.7 Å². The monoisotopic (exact) mass is 547 g/mol. The molecule has 5 N–H and O–H groups in total. The summed E-state index contributed by atoms with van der Waals surface area (Å²) in [5.74, 6) is 1.26. The van der Waals surface area contributed by atoms with Crippen LogP contribution in [0.25, 0.3) is 10.9 Å². The van der Waals surface area contributed by atoms with Crippen molar-refractivity contribution in [1.82, 2.24) is 20.5 Å². The molecule has 0 bridgehead atoms. The zero-order valence-corrected chi connectivity index (χ0v) is 23.9. The zero-order chi connectivity index (χ0) is 27.4. The van der Waals surface area contributed by atoms with Crippen LogP contribution in [0.2, 0.25) is 0 Å². The Hall–Kier alpha value is -2.97. The second-order valence-corrected chi connectivity index (χ2v) is 12.4. The summed E-state index contributed by atoms with van der Waals surface area (Å²) >= 11 is 1.72. The van der Waals surface area contributed by atoms with Gasteiger partial charge in [0.2, 0.25) is 5.91 Å². The molecule has 1 aromatic heterocycles. The van der Waals surface area contributed by atoms with Gasteiger partial charge in [0.15, 0.2) is 0 Å². The molecule has 39 heavy (non-hydrogen) atoms. The number of nitrogens with one attached hydrogen (secondary N) is 3. The molecule has 1 fully saturated rings. The van der Waals surface area contributed by atoms with E-state index in [4.69, 9.17) is 5.73 Å². The molecule has 3 atom stereocenters. The standard InChI is InChI=1S/C31H41N5O2S/c1-21(20-39-18-15-32)34-29(37)28(22(2)25-19-33-27-10-6-4-8-24(25)27)35-30(38)36-16-13-31(14-17-36)12-11-23-7-3-5-9-26(23)31/h3-10,19,21-22,28,33H,11-18,20,32H2,1-2H3,(H,34,37)(H,35,38)/t21-,22+,28-/m1/s1. The number of nitrogens with zero attached hydrogens (tertiary/aromatic N) is 1. The highest BCUT2D eigenvalue weighted by molar-refractivity contribution is 7.99. The second kappa shape index (κ2) is 12.0. The molecule has 1 aliphatic carbocycles. The van der Waals surface area contributed by atoms with E-state index >= 15 is 0 Å². The summed E-state index contributed by atoms with van der Waals surface area (Å²) in [6, 6.07) is 16.0. The number of para-hydroxylation sites is 1. The maximum Gasteiger partial charge on any atom is 0.318 e. The predicted molar refractivity (Wildman–Crippen MR) is 160 cm³/mol. The number of aromatic nitrogens is 1. The van der Waals surface area contributed by atoms with Gasteiger partial charge >= 0.3 is 6.03 Å². The summed E-state index contributed by atoms with van der Waals surface area (Å²) in [6.07, 6.45) is 6.16. The van der Waals surface area contributed by atoms with Crippen LogP contribution in [-0.2, 0) is 16.6 Å². The summed E-state index contributed by atoms with van der Waals surface area (Å²) in [7, 11) is 0. The van der Waals surface area contributed by atoms with Crippen LogP contribution in [-0.4, -0.2) is 65.0 Å². The van der Waals surface area contributed by atoms with Gasteiger partial charge in [0.05, 0.1) is 0 Å². The van der Waals surface area contributed by atoms with Gasteiger partial charge in [-0.3, -0.25) is 4.79 Å². The van der Waals surface area contributed by atoms with Gasteiger partial charge in [-0.05, 0) is 60.8 Å². The first-order valence-corrected chi connectivity index (χ1v) is 15.4. The minimum absolute atomic E-state index is 0.0269. The lowest BCUT2D eigenvalue weighted by Gasteiger charge is -2.40. The lowest BCUT2D eigenvalue weighted by Crippen LogP contribution is -2.56. The van der Waals surface area contributed by atoms with Crippen molar-refractivity contribution >= 4 is 34.6 Å². The number of thioether (sulfide) groups is 1. The number of amides is 3. The van der Waals surface area contributed by atoms with Crippen molar-refractivity contribution in [1.29, 1.82) is 0 Å². The third-order valence-corrected chi connectivity index (χ3v) is 9.92. The zero-order valence-electron chi connectivity index (χ0n) is 23.0. The molecule has 0 saturated carbocycles. The molecule has 8 heteroatoms. The summed E-state index contributed by atoms with van der Waals surface area (Å²) in [4.78, 5) is 32.5. The van der Waals surface area contributed by atoms with Gasteiger partial charge in [0, 0.05) is 60.2 Å². The molecule has 0 radical (unpaired) electrons. The van der Waals surface area contributed by atoms with E-state index in [1.165, 1.54) is 11.1 Å². The first kappa shape index (κ1) is 27.6. The number of fused-ring (bicyclic) bond motifs is 3. The molecule has 208 valence electrons. The fourth-order valence-corrected chi connectivity index (χ4v) is 7.20. The van der Waals surface area contributed by atoms with E-state index in [1.54, 1.807) is 11.8 Å². The first-order chi connectivity index (χ1) is 18.9. The Morgan fingerprint density at radius 2 is 1.79 bits per heavy atom. The van der Waals surface area contributed by atoms with Gasteiger partial charge in [0.1, 0.15) is 6.04 Å². The SMILES string of the molecule is C[C@H](CSCCN)NC(=O)[C@H](NC(=O)N1CCC2(CCc3ccccc32)CC1)[C@@H](C)c1c[nH]c2ccccc12. The quantitative estimate of drug-likeness (QED) is 0.296. The Balaban J connectivity index is 1.30. The van der Waals surface area contributed by atoms with Crippen LogP contribution in [0.1, 0.15) is 55.7 Å². The number of rotatable bonds is 9. The van der Waals surface area contributed by atoms with Crippen molar-refractivity contribution in [3.8, 4) is 0 Å². The third kappa shape index (κ3) is 5.82. The van der Waals surface area contributed by atoms with E-state index in [2.05, 4.69) is 45.9 Å². The molecular formula is C31H41N5O2S. The molecule has 1 aliphatic heterocycles. The largest absolute Gasteiger partial charge is 0.361 e. The number of benzene rings is 2. The van der Waals surface area contributed by atoms with Gasteiger partial charge in [-0.15, -0.1) is 0 Å². The lowest BCUT2D eigenvalue weighted by atomic mass is 9.74. The van der Waals surface area contributed by atoms with Crippen LogP contribution in [0.4, 0.5) is 4.79 Å². The van der Waals surface area contributed by atoms with Crippen molar-refractivity contribution < 1.29 is 9.59 Å².